The Morgan fingerprint density at radius 2 is 2.25 bits per heavy atom. The van der Waals surface area contributed by atoms with Gasteiger partial charge in [-0.05, 0) is 30.4 Å². The molecule has 0 amide bonds. The monoisotopic (exact) mass is 218 g/mol. The summed E-state index contributed by atoms with van der Waals surface area (Å²) in [5, 5.41) is 3.60. The molecule has 1 heterocycles. The summed E-state index contributed by atoms with van der Waals surface area (Å²) in [5.41, 5.74) is 8.74. The first-order chi connectivity index (χ1) is 7.79. The smallest absolute Gasteiger partial charge is 0.120 e. The lowest BCUT2D eigenvalue weighted by molar-refractivity contribution is 0.396. The average Bonchev–Trinajstić information content (AvgIpc) is 2.77. The maximum atomic E-state index is 6.34. The van der Waals surface area contributed by atoms with Crippen LogP contribution in [0.15, 0.2) is 18.2 Å². The van der Waals surface area contributed by atoms with E-state index in [9.17, 15) is 0 Å². The van der Waals surface area contributed by atoms with Crippen molar-refractivity contribution >= 4 is 5.69 Å². The molecule has 0 aromatic heterocycles. The quantitative estimate of drug-likeness (QED) is 0.760. The number of methoxy groups -OCH3 is 1. The summed E-state index contributed by atoms with van der Waals surface area (Å²) in [6.07, 6.45) is 3.79. The Hall–Kier alpha value is -1.22. The fourth-order valence-electron chi connectivity index (χ4n) is 3.11. The van der Waals surface area contributed by atoms with Gasteiger partial charge in [-0.2, -0.15) is 0 Å². The molecule has 1 saturated carbocycles. The second kappa shape index (κ2) is 3.67. The van der Waals surface area contributed by atoms with Crippen LogP contribution in [-0.4, -0.2) is 13.2 Å². The molecule has 0 radical (unpaired) electrons. The van der Waals surface area contributed by atoms with Crippen molar-refractivity contribution in [1.29, 1.82) is 0 Å². The molecule has 1 fully saturated rings. The SMILES string of the molecule is COc1ccc2c(c1)NC1CCCC1C2N. The summed E-state index contributed by atoms with van der Waals surface area (Å²) in [5.74, 6) is 1.51. The number of nitrogens with two attached hydrogens (primary N) is 1. The zero-order valence-electron chi connectivity index (χ0n) is 9.57. The summed E-state index contributed by atoms with van der Waals surface area (Å²) in [6.45, 7) is 0. The van der Waals surface area contributed by atoms with E-state index >= 15 is 0 Å². The molecular weight excluding hydrogens is 200 g/mol. The Morgan fingerprint density at radius 3 is 3.06 bits per heavy atom. The fourth-order valence-corrected chi connectivity index (χ4v) is 3.11. The van der Waals surface area contributed by atoms with Gasteiger partial charge in [0.15, 0.2) is 0 Å². The van der Waals surface area contributed by atoms with E-state index in [1.54, 1.807) is 7.11 Å². The van der Waals surface area contributed by atoms with Crippen LogP contribution in [-0.2, 0) is 0 Å². The van der Waals surface area contributed by atoms with Crippen molar-refractivity contribution in [1.82, 2.24) is 0 Å². The lowest BCUT2D eigenvalue weighted by atomic mass is 9.85. The molecule has 0 saturated heterocycles. The highest BCUT2D eigenvalue weighted by Gasteiger charge is 2.37. The van der Waals surface area contributed by atoms with Crippen molar-refractivity contribution in [2.24, 2.45) is 11.7 Å². The zero-order chi connectivity index (χ0) is 11.1. The third kappa shape index (κ3) is 1.39. The van der Waals surface area contributed by atoms with Crippen molar-refractivity contribution < 1.29 is 4.74 Å². The second-order valence-corrected chi connectivity index (χ2v) is 4.82. The molecule has 86 valence electrons. The molecule has 1 aliphatic carbocycles. The van der Waals surface area contributed by atoms with Gasteiger partial charge in [-0.3, -0.25) is 0 Å². The van der Waals surface area contributed by atoms with Crippen LogP contribution in [0.1, 0.15) is 30.9 Å². The minimum atomic E-state index is 0.189. The summed E-state index contributed by atoms with van der Waals surface area (Å²) in [4.78, 5) is 0. The fraction of sp³-hybridized carbons (Fsp3) is 0.538. The Labute approximate surface area is 96.0 Å². The number of hydrogen-bond acceptors (Lipinski definition) is 3. The van der Waals surface area contributed by atoms with Crippen LogP contribution in [0.25, 0.3) is 0 Å². The van der Waals surface area contributed by atoms with Crippen molar-refractivity contribution in [3.8, 4) is 5.75 Å². The first-order valence-corrected chi connectivity index (χ1v) is 5.99. The molecule has 3 N–H and O–H groups in total. The maximum Gasteiger partial charge on any atom is 0.120 e. The van der Waals surface area contributed by atoms with Gasteiger partial charge in [0.2, 0.25) is 0 Å². The van der Waals surface area contributed by atoms with Gasteiger partial charge < -0.3 is 15.8 Å². The van der Waals surface area contributed by atoms with E-state index in [4.69, 9.17) is 10.5 Å². The standard InChI is InChI=1S/C13H18N2O/c1-16-8-5-6-10-12(7-8)15-11-4-2-3-9(11)13(10)14/h5-7,9,11,13,15H,2-4,14H2,1H3. The number of fused-ring (bicyclic) bond motifs is 2. The topological polar surface area (TPSA) is 47.3 Å². The molecule has 2 aliphatic rings. The van der Waals surface area contributed by atoms with E-state index in [1.165, 1.54) is 24.8 Å². The molecule has 3 nitrogen and oxygen atoms in total. The van der Waals surface area contributed by atoms with Crippen molar-refractivity contribution in [2.75, 3.05) is 12.4 Å². The number of ether oxygens (including phenoxy) is 1. The Bertz CT molecular complexity index is 405. The van der Waals surface area contributed by atoms with Crippen molar-refractivity contribution in [3.05, 3.63) is 23.8 Å². The normalized spacial score (nSPS) is 31.5. The highest BCUT2D eigenvalue weighted by Crippen LogP contribution is 2.43. The van der Waals surface area contributed by atoms with E-state index in [2.05, 4.69) is 17.4 Å². The molecule has 1 aromatic carbocycles. The molecular formula is C13H18N2O. The summed E-state index contributed by atoms with van der Waals surface area (Å²) < 4.78 is 5.25. The van der Waals surface area contributed by atoms with Crippen LogP contribution in [0.5, 0.6) is 5.75 Å². The molecule has 3 heteroatoms. The van der Waals surface area contributed by atoms with Crippen LogP contribution in [0.2, 0.25) is 0 Å². The van der Waals surface area contributed by atoms with Gasteiger partial charge >= 0.3 is 0 Å². The van der Waals surface area contributed by atoms with Gasteiger partial charge in [-0.15, -0.1) is 0 Å². The highest BCUT2D eigenvalue weighted by atomic mass is 16.5. The first-order valence-electron chi connectivity index (χ1n) is 5.99. The number of hydrogen-bond donors (Lipinski definition) is 2. The maximum absolute atomic E-state index is 6.34. The lowest BCUT2D eigenvalue weighted by Gasteiger charge is -2.35. The molecule has 0 bridgehead atoms. The zero-order valence-corrected chi connectivity index (χ0v) is 9.57. The van der Waals surface area contributed by atoms with Crippen LogP contribution in [0, 0.1) is 5.92 Å². The second-order valence-electron chi connectivity index (χ2n) is 4.82. The lowest BCUT2D eigenvalue weighted by Crippen LogP contribution is -2.37. The third-order valence-corrected chi connectivity index (χ3v) is 3.99. The van der Waals surface area contributed by atoms with Gasteiger partial charge in [-0.25, -0.2) is 0 Å². The summed E-state index contributed by atoms with van der Waals surface area (Å²) in [6, 6.07) is 6.91. The van der Waals surface area contributed by atoms with Crippen LogP contribution < -0.4 is 15.8 Å². The van der Waals surface area contributed by atoms with E-state index < -0.39 is 0 Å². The van der Waals surface area contributed by atoms with E-state index in [0.29, 0.717) is 12.0 Å². The molecule has 3 rings (SSSR count). The molecule has 16 heavy (non-hydrogen) atoms. The minimum absolute atomic E-state index is 0.189. The third-order valence-electron chi connectivity index (χ3n) is 3.99. The average molecular weight is 218 g/mol. The molecule has 3 unspecified atom stereocenters. The van der Waals surface area contributed by atoms with Crippen molar-refractivity contribution in [2.45, 2.75) is 31.3 Å². The van der Waals surface area contributed by atoms with Gasteiger partial charge in [0.1, 0.15) is 5.75 Å². The largest absolute Gasteiger partial charge is 0.497 e. The molecule has 1 aliphatic heterocycles. The molecule has 3 atom stereocenters. The van der Waals surface area contributed by atoms with E-state index in [-0.39, 0.29) is 6.04 Å². The Kier molecular flexibility index (Phi) is 2.28. The highest BCUT2D eigenvalue weighted by molar-refractivity contribution is 5.59. The minimum Gasteiger partial charge on any atom is -0.497 e. The predicted octanol–water partition coefficient (Wildman–Crippen LogP) is 2.29. The van der Waals surface area contributed by atoms with Gasteiger partial charge in [0, 0.05) is 23.8 Å². The summed E-state index contributed by atoms with van der Waals surface area (Å²) in [7, 11) is 1.70. The first kappa shape index (κ1) is 9.97. The Morgan fingerprint density at radius 1 is 1.38 bits per heavy atom. The number of benzene rings is 1. The van der Waals surface area contributed by atoms with Gasteiger partial charge in [0.25, 0.3) is 0 Å². The molecule has 0 spiro atoms. The predicted molar refractivity (Wildman–Crippen MR) is 64.7 cm³/mol. The van der Waals surface area contributed by atoms with E-state index in [0.717, 1.165) is 11.4 Å². The number of nitrogens with one attached hydrogen (secondary N) is 1. The van der Waals surface area contributed by atoms with Gasteiger partial charge in [0.05, 0.1) is 7.11 Å². The van der Waals surface area contributed by atoms with Crippen LogP contribution in [0.4, 0.5) is 5.69 Å². The van der Waals surface area contributed by atoms with Crippen LogP contribution in [0.3, 0.4) is 0 Å². The Balaban J connectivity index is 2.00. The summed E-state index contributed by atoms with van der Waals surface area (Å²) >= 11 is 0. The van der Waals surface area contributed by atoms with Crippen molar-refractivity contribution in [3.63, 3.8) is 0 Å². The van der Waals surface area contributed by atoms with Gasteiger partial charge in [-0.1, -0.05) is 12.5 Å². The van der Waals surface area contributed by atoms with Crippen LogP contribution >= 0.6 is 0 Å². The van der Waals surface area contributed by atoms with E-state index in [1.807, 2.05) is 6.07 Å². The molecule has 1 aromatic rings. The number of rotatable bonds is 1. The number of anilines is 1.